The second-order valence-electron chi connectivity index (χ2n) is 4.77. The molecule has 1 aliphatic rings. The lowest BCUT2D eigenvalue weighted by Gasteiger charge is -2.40. The highest BCUT2D eigenvalue weighted by atomic mass is 35.5. The summed E-state index contributed by atoms with van der Waals surface area (Å²) < 4.78 is 10.1. The van der Waals surface area contributed by atoms with Gasteiger partial charge >= 0.3 is 6.09 Å². The normalized spacial score (nSPS) is 15.9. The highest BCUT2D eigenvalue weighted by Crippen LogP contribution is 2.29. The molecule has 0 unspecified atom stereocenters. The van der Waals surface area contributed by atoms with Crippen molar-refractivity contribution < 1.29 is 19.1 Å². The Balaban J connectivity index is 2.05. The molecule has 0 spiro atoms. The Kier molecular flexibility index (Phi) is 3.55. The molecule has 0 atom stereocenters. The quantitative estimate of drug-likeness (QED) is 0.495. The van der Waals surface area contributed by atoms with Crippen LogP contribution in [0.1, 0.15) is 10.4 Å². The van der Waals surface area contributed by atoms with Gasteiger partial charge in [0, 0.05) is 10.9 Å². The van der Waals surface area contributed by atoms with Crippen molar-refractivity contribution in [3.05, 3.63) is 29.0 Å². The molecule has 0 aliphatic carbocycles. The lowest BCUT2D eigenvalue weighted by atomic mass is 10.1. The van der Waals surface area contributed by atoms with Crippen molar-refractivity contribution in [3.8, 4) is 0 Å². The monoisotopic (exact) mass is 322 g/mol. The van der Waals surface area contributed by atoms with E-state index >= 15 is 0 Å². The Labute approximate surface area is 129 Å². The van der Waals surface area contributed by atoms with Crippen molar-refractivity contribution >= 4 is 40.7 Å². The Hall–Kier alpha value is -2.45. The number of fused-ring (bicyclic) bond motifs is 1. The molecule has 1 saturated heterocycles. The highest BCUT2D eigenvalue weighted by molar-refractivity contribution is 6.28. The van der Waals surface area contributed by atoms with Gasteiger partial charge < -0.3 is 20.5 Å². The van der Waals surface area contributed by atoms with Gasteiger partial charge in [0.25, 0.3) is 0 Å². The highest BCUT2D eigenvalue weighted by Gasteiger charge is 2.43. The van der Waals surface area contributed by atoms with Crippen LogP contribution in [0.15, 0.2) is 18.2 Å². The van der Waals surface area contributed by atoms with E-state index in [2.05, 4.69) is 15.3 Å². The summed E-state index contributed by atoms with van der Waals surface area (Å²) >= 11 is 5.90. The van der Waals surface area contributed by atoms with Crippen molar-refractivity contribution in [2.45, 2.75) is 5.72 Å². The zero-order valence-corrected chi connectivity index (χ0v) is 12.0. The van der Waals surface area contributed by atoms with Crippen LogP contribution < -0.4 is 11.1 Å². The Morgan fingerprint density at radius 2 is 2.23 bits per heavy atom. The van der Waals surface area contributed by atoms with Gasteiger partial charge in [-0.15, -0.1) is 0 Å². The SMILES string of the molecule is NC(=O)OC1(Nc2nc(Cl)nc3ccc(C=O)cc23)COC1. The van der Waals surface area contributed by atoms with E-state index in [1.165, 1.54) is 0 Å². The Bertz CT molecular complexity index is 763. The van der Waals surface area contributed by atoms with E-state index in [0.717, 1.165) is 0 Å². The second kappa shape index (κ2) is 5.39. The third-order valence-corrected chi connectivity index (χ3v) is 3.31. The molecule has 0 saturated carbocycles. The van der Waals surface area contributed by atoms with Gasteiger partial charge in [0.2, 0.25) is 11.0 Å². The standard InChI is InChI=1S/C13H11ClN4O4/c14-11-16-9-2-1-7(4-19)3-8(9)10(17-11)18-13(5-21-6-13)22-12(15)20/h1-4H,5-6H2,(H2,15,20)(H,16,17,18). The summed E-state index contributed by atoms with van der Waals surface area (Å²) in [7, 11) is 0. The van der Waals surface area contributed by atoms with Crippen molar-refractivity contribution in [3.63, 3.8) is 0 Å². The largest absolute Gasteiger partial charge is 0.418 e. The number of carbonyl (C=O) groups excluding carboxylic acids is 2. The molecule has 1 aliphatic heterocycles. The number of nitrogens with one attached hydrogen (secondary N) is 1. The van der Waals surface area contributed by atoms with E-state index in [0.29, 0.717) is 28.6 Å². The van der Waals surface area contributed by atoms with Gasteiger partial charge in [-0.1, -0.05) is 0 Å². The number of nitrogens with zero attached hydrogens (tertiary/aromatic N) is 2. The van der Waals surface area contributed by atoms with E-state index < -0.39 is 11.8 Å². The van der Waals surface area contributed by atoms with Crippen LogP contribution in [0.25, 0.3) is 10.9 Å². The summed E-state index contributed by atoms with van der Waals surface area (Å²) in [4.78, 5) is 30.1. The van der Waals surface area contributed by atoms with Crippen molar-refractivity contribution in [2.24, 2.45) is 5.73 Å². The molecule has 1 fully saturated rings. The van der Waals surface area contributed by atoms with Gasteiger partial charge in [-0.25, -0.2) is 14.8 Å². The second-order valence-corrected chi connectivity index (χ2v) is 5.11. The van der Waals surface area contributed by atoms with E-state index in [1.807, 2.05) is 0 Å². The molecule has 3 rings (SSSR count). The predicted octanol–water partition coefficient (Wildman–Crippen LogP) is 1.33. The molecular weight excluding hydrogens is 312 g/mol. The average molecular weight is 323 g/mol. The molecule has 9 heteroatoms. The summed E-state index contributed by atoms with van der Waals surface area (Å²) in [5.74, 6) is 0.322. The maximum Gasteiger partial charge on any atom is 0.406 e. The van der Waals surface area contributed by atoms with Crippen molar-refractivity contribution in [1.29, 1.82) is 0 Å². The number of anilines is 1. The van der Waals surface area contributed by atoms with Crippen LogP contribution >= 0.6 is 11.6 Å². The molecule has 1 aromatic carbocycles. The lowest BCUT2D eigenvalue weighted by Crippen LogP contribution is -2.59. The number of benzene rings is 1. The number of aromatic nitrogens is 2. The van der Waals surface area contributed by atoms with Crippen LogP contribution in [0.3, 0.4) is 0 Å². The van der Waals surface area contributed by atoms with E-state index in [1.54, 1.807) is 18.2 Å². The van der Waals surface area contributed by atoms with Crippen LogP contribution in [0.5, 0.6) is 0 Å². The van der Waals surface area contributed by atoms with Crippen molar-refractivity contribution in [2.75, 3.05) is 18.5 Å². The molecule has 2 aromatic rings. The van der Waals surface area contributed by atoms with Gasteiger partial charge in [0.15, 0.2) is 0 Å². The molecule has 3 N–H and O–H groups in total. The van der Waals surface area contributed by atoms with E-state index in [9.17, 15) is 9.59 Å². The topological polar surface area (TPSA) is 116 Å². The fraction of sp³-hybridized carbons (Fsp3) is 0.231. The van der Waals surface area contributed by atoms with Crippen LogP contribution in [-0.4, -0.2) is 41.3 Å². The Morgan fingerprint density at radius 1 is 1.45 bits per heavy atom. The molecule has 8 nitrogen and oxygen atoms in total. The van der Waals surface area contributed by atoms with Crippen LogP contribution in [0, 0.1) is 0 Å². The third-order valence-electron chi connectivity index (χ3n) is 3.14. The summed E-state index contributed by atoms with van der Waals surface area (Å²) in [5, 5.41) is 3.54. The number of amides is 1. The maximum absolute atomic E-state index is 11.0. The predicted molar refractivity (Wildman–Crippen MR) is 77.8 cm³/mol. The minimum absolute atomic E-state index is 0.0170. The first-order valence-corrected chi connectivity index (χ1v) is 6.66. The molecule has 1 amide bonds. The zero-order valence-electron chi connectivity index (χ0n) is 11.2. The zero-order chi connectivity index (χ0) is 15.7. The number of ether oxygens (including phenoxy) is 2. The van der Waals surface area contributed by atoms with Gasteiger partial charge in [-0.2, -0.15) is 0 Å². The van der Waals surface area contributed by atoms with Crippen LogP contribution in [-0.2, 0) is 9.47 Å². The fourth-order valence-electron chi connectivity index (χ4n) is 2.14. The van der Waals surface area contributed by atoms with Crippen LogP contribution in [0.4, 0.5) is 10.6 Å². The first kappa shape index (κ1) is 14.5. The Morgan fingerprint density at radius 3 is 2.82 bits per heavy atom. The summed E-state index contributed by atoms with van der Waals surface area (Å²) in [6, 6.07) is 4.87. The number of hydrogen-bond donors (Lipinski definition) is 2. The first-order chi connectivity index (χ1) is 10.5. The minimum atomic E-state index is -1.10. The average Bonchev–Trinajstić information content (AvgIpc) is 2.43. The number of nitrogens with two attached hydrogens (primary N) is 1. The van der Waals surface area contributed by atoms with E-state index in [4.69, 9.17) is 26.8 Å². The summed E-state index contributed by atoms with van der Waals surface area (Å²) in [6.45, 7) is 0.235. The maximum atomic E-state index is 11.0. The number of primary amides is 1. The van der Waals surface area contributed by atoms with E-state index in [-0.39, 0.29) is 18.5 Å². The van der Waals surface area contributed by atoms with Crippen molar-refractivity contribution in [1.82, 2.24) is 9.97 Å². The number of hydrogen-bond acceptors (Lipinski definition) is 7. The van der Waals surface area contributed by atoms with Gasteiger partial charge in [0.1, 0.15) is 25.3 Å². The molecule has 114 valence electrons. The van der Waals surface area contributed by atoms with Gasteiger partial charge in [0.05, 0.1) is 5.52 Å². The number of halogens is 1. The number of rotatable bonds is 4. The summed E-state index contributed by atoms with van der Waals surface area (Å²) in [5.41, 5.74) is 4.96. The number of carbonyl (C=O) groups is 2. The molecule has 22 heavy (non-hydrogen) atoms. The minimum Gasteiger partial charge on any atom is -0.418 e. The molecule has 0 radical (unpaired) electrons. The van der Waals surface area contributed by atoms with Crippen LogP contribution in [0.2, 0.25) is 5.28 Å². The molecule has 1 aromatic heterocycles. The lowest BCUT2D eigenvalue weighted by molar-refractivity contribution is -0.159. The molecule has 0 bridgehead atoms. The molecular formula is C13H11ClN4O4. The number of aldehydes is 1. The van der Waals surface area contributed by atoms with Gasteiger partial charge in [-0.3, -0.25) is 4.79 Å². The molecule has 2 heterocycles. The van der Waals surface area contributed by atoms with Gasteiger partial charge in [-0.05, 0) is 29.8 Å². The fourth-order valence-corrected chi connectivity index (χ4v) is 2.31. The summed E-state index contributed by atoms with van der Waals surface area (Å²) in [6.07, 6.45) is -0.228. The third kappa shape index (κ3) is 2.66. The first-order valence-electron chi connectivity index (χ1n) is 6.28. The smallest absolute Gasteiger partial charge is 0.406 e.